The van der Waals surface area contributed by atoms with Gasteiger partial charge in [0.15, 0.2) is 0 Å². The molecule has 104 valence electrons. The smallest absolute Gasteiger partial charge is 0.320 e. The Bertz CT molecular complexity index is 479. The second-order valence-corrected chi connectivity index (χ2v) is 5.05. The average Bonchev–Trinajstić information content (AvgIpc) is 2.39. The van der Waals surface area contributed by atoms with Crippen LogP contribution >= 0.6 is 15.9 Å². The van der Waals surface area contributed by atoms with Gasteiger partial charge >= 0.3 is 5.97 Å². The predicted molar refractivity (Wildman–Crippen MR) is 74.3 cm³/mol. The highest BCUT2D eigenvalue weighted by atomic mass is 79.9. The zero-order chi connectivity index (χ0) is 14.4. The molecule has 7 heteroatoms. The summed E-state index contributed by atoms with van der Waals surface area (Å²) in [5.74, 6) is -0.358. The number of rotatable bonds is 6. The van der Waals surface area contributed by atoms with Gasteiger partial charge in [0, 0.05) is 24.7 Å². The first-order chi connectivity index (χ1) is 8.97. The van der Waals surface area contributed by atoms with Crippen LogP contribution in [0.4, 0.5) is 5.69 Å². The number of hydrogen-bond acceptors (Lipinski definition) is 5. The third kappa shape index (κ3) is 4.29. The van der Waals surface area contributed by atoms with Crippen molar-refractivity contribution in [3.8, 4) is 0 Å². The Morgan fingerprint density at radius 2 is 2.26 bits per heavy atom. The second kappa shape index (κ2) is 7.20. The van der Waals surface area contributed by atoms with Crippen LogP contribution in [0.2, 0.25) is 0 Å². The van der Waals surface area contributed by atoms with Gasteiger partial charge < -0.3 is 10.1 Å². The average molecular weight is 331 g/mol. The summed E-state index contributed by atoms with van der Waals surface area (Å²) in [4.78, 5) is 21.1. The lowest BCUT2D eigenvalue weighted by Gasteiger charge is -2.10. The highest BCUT2D eigenvalue weighted by molar-refractivity contribution is 9.10. The van der Waals surface area contributed by atoms with Crippen molar-refractivity contribution in [1.82, 2.24) is 5.32 Å². The number of nitrogens with one attached hydrogen (secondary N) is 1. The summed E-state index contributed by atoms with van der Waals surface area (Å²) < 4.78 is 4.57. The molecule has 1 N–H and O–H groups in total. The van der Waals surface area contributed by atoms with Gasteiger partial charge in [-0.2, -0.15) is 0 Å². The van der Waals surface area contributed by atoms with Gasteiger partial charge in [-0.1, -0.05) is 28.1 Å². The highest BCUT2D eigenvalue weighted by Crippen LogP contribution is 2.20. The molecule has 0 spiro atoms. The van der Waals surface area contributed by atoms with E-state index in [0.29, 0.717) is 18.7 Å². The van der Waals surface area contributed by atoms with Crippen molar-refractivity contribution < 1.29 is 14.5 Å². The molecule has 0 saturated heterocycles. The van der Waals surface area contributed by atoms with Gasteiger partial charge in [0.05, 0.1) is 12.0 Å². The zero-order valence-corrected chi connectivity index (χ0v) is 12.3. The van der Waals surface area contributed by atoms with E-state index in [0.717, 1.165) is 5.56 Å². The molecule has 1 unspecified atom stereocenters. The molecule has 1 atom stereocenters. The number of ether oxygens (including phenoxy) is 1. The molecular formula is C12H15BrN2O4. The fourth-order valence-corrected chi connectivity index (χ4v) is 2.02. The van der Waals surface area contributed by atoms with Crippen molar-refractivity contribution in [3.05, 3.63) is 39.4 Å². The summed E-state index contributed by atoms with van der Waals surface area (Å²) in [5.41, 5.74) is 1.56. The lowest BCUT2D eigenvalue weighted by molar-refractivity contribution is -0.385. The molecular weight excluding hydrogens is 316 g/mol. The van der Waals surface area contributed by atoms with Gasteiger partial charge in [-0.15, -0.1) is 0 Å². The number of hydrogen-bond donors (Lipinski definition) is 1. The van der Waals surface area contributed by atoms with E-state index in [1.807, 2.05) is 6.07 Å². The lowest BCUT2D eigenvalue weighted by Crippen LogP contribution is -2.29. The molecule has 0 bridgehead atoms. The van der Waals surface area contributed by atoms with E-state index in [-0.39, 0.29) is 11.7 Å². The topological polar surface area (TPSA) is 81.5 Å². The van der Waals surface area contributed by atoms with Gasteiger partial charge in [0.2, 0.25) is 0 Å². The number of alkyl halides is 1. The summed E-state index contributed by atoms with van der Waals surface area (Å²) in [7, 11) is 1.32. The quantitative estimate of drug-likeness (QED) is 0.373. The first kappa shape index (κ1) is 15.6. The minimum absolute atomic E-state index is 0.0997. The van der Waals surface area contributed by atoms with E-state index in [1.165, 1.54) is 13.2 Å². The molecule has 0 aliphatic heterocycles. The normalized spacial score (nSPS) is 11.9. The number of carbonyl (C=O) groups excluding carboxylic acids is 1. The predicted octanol–water partition coefficient (Wildman–Crippen LogP) is 1.93. The van der Waals surface area contributed by atoms with Gasteiger partial charge in [-0.3, -0.25) is 14.9 Å². The molecule has 6 nitrogen and oxygen atoms in total. The maximum atomic E-state index is 11.2. The molecule has 0 radical (unpaired) electrons. The standard InChI is InChI=1S/C12H15BrN2O4/c1-8-9(4-3-5-11(8)15(17)18)6-14-7-10(13)12(16)19-2/h3-5,10,14H,6-7H2,1-2H3. The van der Waals surface area contributed by atoms with Crippen molar-refractivity contribution in [1.29, 1.82) is 0 Å². The summed E-state index contributed by atoms with van der Waals surface area (Å²) in [6.07, 6.45) is 0. The van der Waals surface area contributed by atoms with Crippen LogP contribution in [-0.2, 0) is 16.1 Å². The molecule has 1 aromatic rings. The Labute approximate surface area is 119 Å². The van der Waals surface area contributed by atoms with Crippen LogP contribution in [0.5, 0.6) is 0 Å². The molecule has 0 fully saturated rings. The van der Waals surface area contributed by atoms with Crippen molar-refractivity contribution in [2.45, 2.75) is 18.3 Å². The van der Waals surface area contributed by atoms with E-state index in [1.54, 1.807) is 13.0 Å². The minimum atomic E-state index is -0.434. The minimum Gasteiger partial charge on any atom is -0.468 e. The fourth-order valence-electron chi connectivity index (χ4n) is 1.60. The molecule has 1 aromatic carbocycles. The molecule has 0 aliphatic carbocycles. The van der Waals surface area contributed by atoms with Gasteiger partial charge in [0.25, 0.3) is 5.69 Å². The number of halogens is 1. The lowest BCUT2D eigenvalue weighted by atomic mass is 10.1. The molecule has 0 aromatic heterocycles. The SMILES string of the molecule is COC(=O)C(Br)CNCc1cccc([N+](=O)[O-])c1C. The summed E-state index contributed by atoms with van der Waals surface area (Å²) in [6.45, 7) is 2.54. The molecule has 0 saturated carbocycles. The van der Waals surface area contributed by atoms with Crippen LogP contribution in [0.25, 0.3) is 0 Å². The van der Waals surface area contributed by atoms with Crippen molar-refractivity contribution >= 4 is 27.6 Å². The maximum absolute atomic E-state index is 11.2. The van der Waals surface area contributed by atoms with Crippen LogP contribution in [0.3, 0.4) is 0 Å². The number of benzene rings is 1. The van der Waals surface area contributed by atoms with Crippen molar-refractivity contribution in [2.75, 3.05) is 13.7 Å². The van der Waals surface area contributed by atoms with E-state index in [2.05, 4.69) is 26.0 Å². The van der Waals surface area contributed by atoms with Gasteiger partial charge in [0.1, 0.15) is 4.83 Å². The molecule has 1 rings (SSSR count). The number of methoxy groups -OCH3 is 1. The maximum Gasteiger partial charge on any atom is 0.320 e. The molecule has 0 aliphatic rings. The van der Waals surface area contributed by atoms with Crippen LogP contribution in [-0.4, -0.2) is 29.4 Å². The van der Waals surface area contributed by atoms with E-state index < -0.39 is 9.75 Å². The zero-order valence-electron chi connectivity index (χ0n) is 10.7. The van der Waals surface area contributed by atoms with E-state index in [9.17, 15) is 14.9 Å². The van der Waals surface area contributed by atoms with Crippen LogP contribution < -0.4 is 5.32 Å². The van der Waals surface area contributed by atoms with Crippen molar-refractivity contribution in [3.63, 3.8) is 0 Å². The van der Waals surface area contributed by atoms with E-state index >= 15 is 0 Å². The first-order valence-electron chi connectivity index (χ1n) is 5.63. The molecule has 19 heavy (non-hydrogen) atoms. The highest BCUT2D eigenvalue weighted by Gasteiger charge is 2.16. The Morgan fingerprint density at radius 3 is 2.84 bits per heavy atom. The molecule has 0 heterocycles. The number of nitrogens with zero attached hydrogens (tertiary/aromatic N) is 1. The summed E-state index contributed by atoms with van der Waals surface area (Å²) in [5, 5.41) is 13.9. The Morgan fingerprint density at radius 1 is 1.58 bits per heavy atom. The first-order valence-corrected chi connectivity index (χ1v) is 6.54. The summed E-state index contributed by atoms with van der Waals surface area (Å²) in [6, 6.07) is 4.94. The number of nitro benzene ring substituents is 1. The van der Waals surface area contributed by atoms with Crippen LogP contribution in [0.15, 0.2) is 18.2 Å². The third-order valence-corrected chi connectivity index (χ3v) is 3.41. The summed E-state index contributed by atoms with van der Waals surface area (Å²) >= 11 is 3.19. The van der Waals surface area contributed by atoms with Crippen LogP contribution in [0, 0.1) is 17.0 Å². The Balaban J connectivity index is 2.62. The van der Waals surface area contributed by atoms with Crippen LogP contribution in [0.1, 0.15) is 11.1 Å². The fraction of sp³-hybridized carbons (Fsp3) is 0.417. The monoisotopic (exact) mass is 330 g/mol. The second-order valence-electron chi connectivity index (χ2n) is 3.94. The van der Waals surface area contributed by atoms with Gasteiger partial charge in [-0.25, -0.2) is 0 Å². The Kier molecular flexibility index (Phi) is 5.91. The van der Waals surface area contributed by atoms with E-state index in [4.69, 9.17) is 0 Å². The number of carbonyl (C=O) groups is 1. The third-order valence-electron chi connectivity index (χ3n) is 2.71. The number of esters is 1. The van der Waals surface area contributed by atoms with Crippen molar-refractivity contribution in [2.24, 2.45) is 0 Å². The molecule has 0 amide bonds. The number of nitro groups is 1. The largest absolute Gasteiger partial charge is 0.468 e. The van der Waals surface area contributed by atoms with Gasteiger partial charge in [-0.05, 0) is 12.5 Å². The Hall–Kier alpha value is -1.47.